The number of aromatic nitrogens is 1. The zero-order valence-corrected chi connectivity index (χ0v) is 19.5. The maximum atomic E-state index is 13.9. The molecule has 6 nitrogen and oxygen atoms in total. The third-order valence-corrected chi connectivity index (χ3v) is 6.57. The number of carbonyl (C=O) groups is 2. The number of nitrogens with zero attached hydrogens (tertiary/aromatic N) is 2. The van der Waals surface area contributed by atoms with Crippen molar-refractivity contribution in [3.05, 3.63) is 76.0 Å². The molecule has 1 aliphatic rings. The Balaban J connectivity index is 1.41. The molecular weight excluding hydrogens is 439 g/mol. The highest BCUT2D eigenvalue weighted by Gasteiger charge is 2.18. The Morgan fingerprint density at radius 2 is 2.00 bits per heavy atom. The number of piperidine rings is 1. The topological polar surface area (TPSA) is 74.3 Å². The molecular formula is C25H27FN4O2S. The molecule has 1 aliphatic heterocycles. The average molecular weight is 467 g/mol. The smallest absolute Gasteiger partial charge is 0.258 e. The van der Waals surface area contributed by atoms with Crippen molar-refractivity contribution < 1.29 is 14.0 Å². The van der Waals surface area contributed by atoms with Gasteiger partial charge in [0.15, 0.2) is 5.13 Å². The van der Waals surface area contributed by atoms with Gasteiger partial charge in [-0.3, -0.25) is 19.8 Å². The van der Waals surface area contributed by atoms with E-state index < -0.39 is 11.7 Å². The van der Waals surface area contributed by atoms with Crippen molar-refractivity contribution in [3.8, 4) is 0 Å². The molecule has 33 heavy (non-hydrogen) atoms. The first-order chi connectivity index (χ1) is 15.9. The van der Waals surface area contributed by atoms with E-state index in [2.05, 4.69) is 27.4 Å². The summed E-state index contributed by atoms with van der Waals surface area (Å²) >= 11 is 1.40. The van der Waals surface area contributed by atoms with Crippen LogP contribution in [0.15, 0.2) is 47.8 Å². The van der Waals surface area contributed by atoms with Crippen LogP contribution >= 0.6 is 11.3 Å². The number of likely N-dealkylation sites (tertiary alicyclic amines) is 1. The molecule has 1 fully saturated rings. The van der Waals surface area contributed by atoms with Crippen LogP contribution in [0.5, 0.6) is 0 Å². The summed E-state index contributed by atoms with van der Waals surface area (Å²) in [5, 5.41) is 8.06. The van der Waals surface area contributed by atoms with E-state index in [0.717, 1.165) is 30.9 Å². The van der Waals surface area contributed by atoms with Crippen LogP contribution in [0.3, 0.4) is 0 Å². The number of amides is 2. The summed E-state index contributed by atoms with van der Waals surface area (Å²) < 4.78 is 13.9. The Morgan fingerprint density at radius 3 is 2.79 bits per heavy atom. The Bertz CT molecular complexity index is 1160. The average Bonchev–Trinajstić information content (AvgIpc) is 3.22. The fourth-order valence-electron chi connectivity index (χ4n) is 4.00. The standard InChI is InChI=1S/C25H27FN4O2S/c1-16-6-5-11-30(13-16)14-19-15-33-25(27-19)29-23(31)18-10-9-17(2)22(12-18)28-24(32)20-7-3-4-8-21(20)26/h3-4,7-10,12,15-16H,5-6,11,13-14H2,1-2H3,(H,28,32)(H,27,29,31). The van der Waals surface area contributed by atoms with Crippen LogP contribution in [-0.2, 0) is 6.54 Å². The molecule has 0 saturated carbocycles. The summed E-state index contributed by atoms with van der Waals surface area (Å²) in [7, 11) is 0. The van der Waals surface area contributed by atoms with Crippen molar-refractivity contribution in [2.75, 3.05) is 23.7 Å². The van der Waals surface area contributed by atoms with Gasteiger partial charge in [0.25, 0.3) is 11.8 Å². The predicted octanol–water partition coefficient (Wildman–Crippen LogP) is 5.33. The second-order valence-corrected chi connectivity index (χ2v) is 9.40. The molecule has 1 aromatic heterocycles. The number of halogens is 1. The third kappa shape index (κ3) is 5.83. The lowest BCUT2D eigenvalue weighted by Crippen LogP contribution is -2.33. The molecule has 3 aromatic rings. The highest BCUT2D eigenvalue weighted by atomic mass is 32.1. The second-order valence-electron chi connectivity index (χ2n) is 8.54. The van der Waals surface area contributed by atoms with Gasteiger partial charge in [0.2, 0.25) is 0 Å². The van der Waals surface area contributed by atoms with Crippen molar-refractivity contribution >= 4 is 34.0 Å². The van der Waals surface area contributed by atoms with Gasteiger partial charge in [-0.05, 0) is 62.1 Å². The third-order valence-electron chi connectivity index (χ3n) is 5.77. The lowest BCUT2D eigenvalue weighted by Gasteiger charge is -2.30. The quantitative estimate of drug-likeness (QED) is 0.515. The zero-order chi connectivity index (χ0) is 23.4. The number of nitrogens with one attached hydrogen (secondary N) is 2. The van der Waals surface area contributed by atoms with Gasteiger partial charge in [-0.25, -0.2) is 9.37 Å². The zero-order valence-electron chi connectivity index (χ0n) is 18.7. The minimum atomic E-state index is -0.597. The van der Waals surface area contributed by atoms with Gasteiger partial charge < -0.3 is 5.32 Å². The van der Waals surface area contributed by atoms with Crippen molar-refractivity contribution in [2.24, 2.45) is 5.92 Å². The number of benzene rings is 2. The van der Waals surface area contributed by atoms with Gasteiger partial charge >= 0.3 is 0 Å². The maximum Gasteiger partial charge on any atom is 0.258 e. The largest absolute Gasteiger partial charge is 0.322 e. The fourth-order valence-corrected chi connectivity index (χ4v) is 4.70. The molecule has 2 heterocycles. The summed E-state index contributed by atoms with van der Waals surface area (Å²) in [6.07, 6.45) is 2.48. The minimum absolute atomic E-state index is 0.0508. The van der Waals surface area contributed by atoms with Crippen LogP contribution in [0.4, 0.5) is 15.2 Å². The van der Waals surface area contributed by atoms with E-state index in [4.69, 9.17) is 0 Å². The van der Waals surface area contributed by atoms with E-state index in [-0.39, 0.29) is 11.5 Å². The number of rotatable bonds is 6. The summed E-state index contributed by atoms with van der Waals surface area (Å²) in [4.78, 5) is 32.3. The Labute approximate surface area is 196 Å². The molecule has 0 aliphatic carbocycles. The highest BCUT2D eigenvalue weighted by Crippen LogP contribution is 2.23. The molecule has 8 heteroatoms. The normalized spacial score (nSPS) is 16.4. The lowest BCUT2D eigenvalue weighted by molar-refractivity contribution is 0.101. The Morgan fingerprint density at radius 1 is 1.18 bits per heavy atom. The molecule has 4 rings (SSSR count). The van der Waals surface area contributed by atoms with Gasteiger partial charge in [-0.2, -0.15) is 0 Å². The van der Waals surface area contributed by atoms with Crippen molar-refractivity contribution in [1.29, 1.82) is 0 Å². The van der Waals surface area contributed by atoms with E-state index >= 15 is 0 Å². The summed E-state index contributed by atoms with van der Waals surface area (Å²) in [5.74, 6) is -0.777. The number of hydrogen-bond acceptors (Lipinski definition) is 5. The van der Waals surface area contributed by atoms with E-state index in [0.29, 0.717) is 22.3 Å². The van der Waals surface area contributed by atoms with Crippen LogP contribution < -0.4 is 10.6 Å². The van der Waals surface area contributed by atoms with Crippen molar-refractivity contribution in [1.82, 2.24) is 9.88 Å². The fraction of sp³-hybridized carbons (Fsp3) is 0.320. The van der Waals surface area contributed by atoms with Crippen LogP contribution in [0.1, 0.15) is 51.7 Å². The van der Waals surface area contributed by atoms with Crippen molar-refractivity contribution in [2.45, 2.75) is 33.2 Å². The Hall–Kier alpha value is -3.10. The summed E-state index contributed by atoms with van der Waals surface area (Å²) in [6, 6.07) is 10.8. The number of thiazole rings is 1. The number of anilines is 2. The van der Waals surface area contributed by atoms with E-state index in [1.807, 2.05) is 12.3 Å². The molecule has 0 spiro atoms. The first kappa shape index (κ1) is 23.1. The molecule has 1 atom stereocenters. The first-order valence-corrected chi connectivity index (χ1v) is 11.9. The SMILES string of the molecule is Cc1ccc(C(=O)Nc2nc(CN3CCCC(C)C3)cs2)cc1NC(=O)c1ccccc1F. The van der Waals surface area contributed by atoms with Crippen LogP contribution in [0.25, 0.3) is 0 Å². The first-order valence-electron chi connectivity index (χ1n) is 11.0. The molecule has 2 amide bonds. The van der Waals surface area contributed by atoms with Gasteiger partial charge in [-0.1, -0.05) is 25.1 Å². The minimum Gasteiger partial charge on any atom is -0.322 e. The van der Waals surface area contributed by atoms with Gasteiger partial charge in [0, 0.05) is 29.7 Å². The molecule has 1 unspecified atom stereocenters. The number of carbonyl (C=O) groups excluding carboxylic acids is 2. The Kier molecular flexibility index (Phi) is 7.15. The lowest BCUT2D eigenvalue weighted by atomic mass is 10.0. The molecule has 0 radical (unpaired) electrons. The molecule has 2 aromatic carbocycles. The van der Waals surface area contributed by atoms with Crippen molar-refractivity contribution in [3.63, 3.8) is 0 Å². The number of aryl methyl sites for hydroxylation is 1. The molecule has 1 saturated heterocycles. The van der Waals surface area contributed by atoms with Crippen LogP contribution in [0.2, 0.25) is 0 Å². The molecule has 2 N–H and O–H groups in total. The van der Waals surface area contributed by atoms with Crippen LogP contribution in [0, 0.1) is 18.7 Å². The highest BCUT2D eigenvalue weighted by molar-refractivity contribution is 7.14. The van der Waals surface area contributed by atoms with Gasteiger partial charge in [0.05, 0.1) is 11.3 Å². The summed E-state index contributed by atoms with van der Waals surface area (Å²) in [6.45, 7) is 7.02. The second kappa shape index (κ2) is 10.2. The predicted molar refractivity (Wildman–Crippen MR) is 129 cm³/mol. The summed E-state index contributed by atoms with van der Waals surface area (Å²) in [5.41, 5.74) is 2.50. The number of hydrogen-bond donors (Lipinski definition) is 2. The van der Waals surface area contributed by atoms with E-state index in [1.165, 1.54) is 42.4 Å². The van der Waals surface area contributed by atoms with Crippen LogP contribution in [-0.4, -0.2) is 34.8 Å². The monoisotopic (exact) mass is 466 g/mol. The maximum absolute atomic E-state index is 13.9. The van der Waals surface area contributed by atoms with Gasteiger partial charge in [0.1, 0.15) is 5.82 Å². The van der Waals surface area contributed by atoms with E-state index in [1.54, 1.807) is 24.3 Å². The van der Waals surface area contributed by atoms with E-state index in [9.17, 15) is 14.0 Å². The molecule has 172 valence electrons. The van der Waals surface area contributed by atoms with Gasteiger partial charge in [-0.15, -0.1) is 11.3 Å². The molecule has 0 bridgehead atoms.